The van der Waals surface area contributed by atoms with Gasteiger partial charge in [-0.15, -0.1) is 0 Å². The summed E-state index contributed by atoms with van der Waals surface area (Å²) in [6.45, 7) is 3.56. The molecule has 1 unspecified atom stereocenters. The first-order chi connectivity index (χ1) is 12.4. The fourth-order valence-electron chi connectivity index (χ4n) is 3.47. The topological polar surface area (TPSA) is 70.1 Å². The molecule has 2 aromatic heterocycles. The van der Waals surface area contributed by atoms with Crippen molar-refractivity contribution < 1.29 is 18.7 Å². The Kier molecular flexibility index (Phi) is 3.56. The van der Waals surface area contributed by atoms with Gasteiger partial charge in [0.25, 0.3) is 5.91 Å². The van der Waals surface area contributed by atoms with Crippen molar-refractivity contribution in [3.63, 3.8) is 0 Å². The summed E-state index contributed by atoms with van der Waals surface area (Å²) in [5.41, 5.74) is 2.08. The van der Waals surface area contributed by atoms with Crippen LogP contribution in [0.25, 0.3) is 11.4 Å². The minimum absolute atomic E-state index is 0.207. The van der Waals surface area contributed by atoms with E-state index in [0.29, 0.717) is 39.8 Å². The van der Waals surface area contributed by atoms with Crippen molar-refractivity contribution in [1.29, 1.82) is 0 Å². The second-order valence-electron chi connectivity index (χ2n) is 6.28. The van der Waals surface area contributed by atoms with E-state index >= 15 is 0 Å². The Hall–Kier alpha value is -3.17. The molecule has 0 spiro atoms. The maximum atomic E-state index is 13.0. The van der Waals surface area contributed by atoms with Crippen LogP contribution in [0.3, 0.4) is 0 Å². The number of carbonyl (C=O) groups is 1. The van der Waals surface area contributed by atoms with Gasteiger partial charge in [0.1, 0.15) is 5.76 Å². The smallest absolute Gasteiger partial charge is 0.260 e. The van der Waals surface area contributed by atoms with Crippen molar-refractivity contribution in [3.05, 3.63) is 58.5 Å². The predicted molar refractivity (Wildman–Crippen MR) is 95.1 cm³/mol. The molecule has 132 valence electrons. The lowest BCUT2D eigenvalue weighted by molar-refractivity contribution is -0.122. The molecule has 2 aliphatic heterocycles. The molecule has 0 aliphatic carbocycles. The number of hydrogen-bond donors (Lipinski definition) is 1. The van der Waals surface area contributed by atoms with Gasteiger partial charge in [-0.1, -0.05) is 5.92 Å². The van der Waals surface area contributed by atoms with E-state index in [9.17, 15) is 9.90 Å². The lowest BCUT2D eigenvalue weighted by Crippen LogP contribution is -2.28. The first kappa shape index (κ1) is 16.3. The number of aliphatic hydroxyl groups is 1. The van der Waals surface area contributed by atoms with E-state index in [0.717, 1.165) is 5.76 Å². The summed E-state index contributed by atoms with van der Waals surface area (Å²) in [5.74, 6) is 7.72. The Bertz CT molecular complexity index is 1040. The van der Waals surface area contributed by atoms with E-state index in [1.54, 1.807) is 44.1 Å². The van der Waals surface area contributed by atoms with Crippen molar-refractivity contribution in [2.45, 2.75) is 20.1 Å². The second kappa shape index (κ2) is 5.68. The minimum atomic E-state index is -0.972. The van der Waals surface area contributed by atoms with E-state index in [4.69, 9.17) is 8.83 Å². The summed E-state index contributed by atoms with van der Waals surface area (Å²) >= 11 is 0. The molecular weight excluding hydrogens is 332 g/mol. The Labute approximate surface area is 151 Å². The third-order valence-corrected chi connectivity index (χ3v) is 4.65. The minimum Gasteiger partial charge on any atom is -0.460 e. The van der Waals surface area contributed by atoms with Gasteiger partial charge < -0.3 is 23.7 Å². The van der Waals surface area contributed by atoms with Crippen molar-refractivity contribution in [2.24, 2.45) is 0 Å². The van der Waals surface area contributed by atoms with Crippen LogP contribution in [0.5, 0.6) is 0 Å². The number of nitrogens with zero attached hydrogens (tertiary/aromatic N) is 2. The second-order valence-corrected chi connectivity index (χ2v) is 6.28. The van der Waals surface area contributed by atoms with Gasteiger partial charge in [-0.3, -0.25) is 4.79 Å². The molecule has 0 fully saturated rings. The molecule has 0 saturated carbocycles. The molecule has 0 bridgehead atoms. The zero-order valence-corrected chi connectivity index (χ0v) is 15.0. The third-order valence-electron chi connectivity index (χ3n) is 4.65. The van der Waals surface area contributed by atoms with Gasteiger partial charge in [0.2, 0.25) is 0 Å². The van der Waals surface area contributed by atoms with E-state index in [1.165, 1.54) is 4.90 Å². The van der Waals surface area contributed by atoms with E-state index < -0.39 is 6.23 Å². The Balaban J connectivity index is 1.94. The number of carbonyl (C=O) groups excluding carboxylic acids is 1. The molecule has 6 nitrogen and oxygen atoms in total. The van der Waals surface area contributed by atoms with Crippen LogP contribution in [-0.2, 0) is 4.79 Å². The number of aryl methyl sites for hydroxylation is 1. The summed E-state index contributed by atoms with van der Waals surface area (Å²) < 4.78 is 11.5. The molecule has 2 aromatic rings. The lowest BCUT2D eigenvalue weighted by atomic mass is 10.1. The molecule has 6 heteroatoms. The molecule has 0 aromatic carbocycles. The molecule has 2 aliphatic rings. The highest BCUT2D eigenvalue weighted by atomic mass is 16.3. The summed E-state index contributed by atoms with van der Waals surface area (Å²) in [6.07, 6.45) is -0.972. The number of hydrogen-bond acceptors (Lipinski definition) is 5. The average molecular weight is 350 g/mol. The molecule has 4 heterocycles. The number of amides is 1. The van der Waals surface area contributed by atoms with Crippen LogP contribution in [0.1, 0.15) is 30.0 Å². The Morgan fingerprint density at radius 3 is 2.42 bits per heavy atom. The van der Waals surface area contributed by atoms with E-state index in [-0.39, 0.29) is 5.91 Å². The molecule has 0 saturated heterocycles. The van der Waals surface area contributed by atoms with Crippen molar-refractivity contribution in [2.75, 3.05) is 14.1 Å². The summed E-state index contributed by atoms with van der Waals surface area (Å²) in [5, 5.41) is 10.8. The van der Waals surface area contributed by atoms with Gasteiger partial charge in [0.05, 0.1) is 17.0 Å². The van der Waals surface area contributed by atoms with Crippen LogP contribution in [0, 0.1) is 18.8 Å². The van der Waals surface area contributed by atoms with Crippen LogP contribution in [-0.4, -0.2) is 41.1 Å². The van der Waals surface area contributed by atoms with E-state index in [2.05, 4.69) is 11.8 Å². The summed E-state index contributed by atoms with van der Waals surface area (Å²) in [7, 11) is 3.40. The molecule has 1 amide bonds. The van der Waals surface area contributed by atoms with Gasteiger partial charge in [-0.25, -0.2) is 0 Å². The zero-order valence-electron chi connectivity index (χ0n) is 15.0. The van der Waals surface area contributed by atoms with Crippen molar-refractivity contribution in [1.82, 2.24) is 9.80 Å². The maximum absolute atomic E-state index is 13.0. The molecule has 1 atom stereocenters. The maximum Gasteiger partial charge on any atom is 0.260 e. The normalized spacial score (nSPS) is 19.4. The standard InChI is InChI=1S/C20H18N2O4/c1-5-6-12-8-10-14(26-12)18-16-15(19(23)22(18)4)17(21(3)20(16)24)13-9-7-11(2)25-13/h7-10,20,24H,1-4H3. The fourth-order valence-corrected chi connectivity index (χ4v) is 3.47. The van der Waals surface area contributed by atoms with Gasteiger partial charge in [-0.05, 0) is 44.0 Å². The monoisotopic (exact) mass is 350 g/mol. The number of aliphatic hydroxyl groups excluding tert-OH is 1. The fraction of sp³-hybridized carbons (Fsp3) is 0.250. The summed E-state index contributed by atoms with van der Waals surface area (Å²) in [4.78, 5) is 16.1. The zero-order chi connectivity index (χ0) is 18.6. The van der Waals surface area contributed by atoms with Crippen LogP contribution >= 0.6 is 0 Å². The Morgan fingerprint density at radius 1 is 1.08 bits per heavy atom. The number of likely N-dealkylation sites (N-methyl/N-ethyl adjacent to an activating group) is 2. The summed E-state index contributed by atoms with van der Waals surface area (Å²) in [6, 6.07) is 7.14. The third kappa shape index (κ3) is 2.14. The Morgan fingerprint density at radius 2 is 1.77 bits per heavy atom. The van der Waals surface area contributed by atoms with Crippen LogP contribution < -0.4 is 0 Å². The number of furan rings is 2. The van der Waals surface area contributed by atoms with Gasteiger partial charge in [-0.2, -0.15) is 0 Å². The highest BCUT2D eigenvalue weighted by Gasteiger charge is 2.47. The predicted octanol–water partition coefficient (Wildman–Crippen LogP) is 2.41. The van der Waals surface area contributed by atoms with E-state index in [1.807, 2.05) is 13.0 Å². The SMILES string of the molecule is CC#Cc1ccc(C2=C3C(=C(c4ccc(C)o4)N(C)C3O)C(=O)N2C)o1. The largest absolute Gasteiger partial charge is 0.460 e. The first-order valence-corrected chi connectivity index (χ1v) is 8.21. The van der Waals surface area contributed by atoms with Crippen molar-refractivity contribution >= 4 is 17.3 Å². The molecule has 1 N–H and O–H groups in total. The molecule has 0 radical (unpaired) electrons. The van der Waals surface area contributed by atoms with Gasteiger partial charge >= 0.3 is 0 Å². The van der Waals surface area contributed by atoms with Crippen LogP contribution in [0.4, 0.5) is 0 Å². The molecule has 26 heavy (non-hydrogen) atoms. The number of fused-ring (bicyclic) bond motifs is 1. The quantitative estimate of drug-likeness (QED) is 0.843. The van der Waals surface area contributed by atoms with Gasteiger partial charge in [0.15, 0.2) is 23.5 Å². The highest BCUT2D eigenvalue weighted by Crippen LogP contribution is 2.47. The lowest BCUT2D eigenvalue weighted by Gasteiger charge is -2.22. The molecule has 4 rings (SSSR count). The van der Waals surface area contributed by atoms with Crippen molar-refractivity contribution in [3.8, 4) is 11.8 Å². The van der Waals surface area contributed by atoms with Crippen LogP contribution in [0.2, 0.25) is 0 Å². The average Bonchev–Trinajstić information content (AvgIpc) is 3.34. The highest BCUT2D eigenvalue weighted by molar-refractivity contribution is 6.15. The van der Waals surface area contributed by atoms with Crippen LogP contribution in [0.15, 0.2) is 44.2 Å². The van der Waals surface area contributed by atoms with Gasteiger partial charge in [0, 0.05) is 19.7 Å². The number of rotatable bonds is 2. The molecular formula is C20H18N2O4. The first-order valence-electron chi connectivity index (χ1n) is 8.21.